The first-order chi connectivity index (χ1) is 7.22. The van der Waals surface area contributed by atoms with E-state index in [0.29, 0.717) is 12.1 Å². The van der Waals surface area contributed by atoms with Gasteiger partial charge in [0.15, 0.2) is 0 Å². The molecule has 0 radical (unpaired) electrons. The predicted octanol–water partition coefficient (Wildman–Crippen LogP) is -2.90. The molecule has 0 spiro atoms. The van der Waals surface area contributed by atoms with E-state index in [2.05, 4.69) is 16.0 Å². The molecule has 5 heteroatoms. The molecular weight excluding hydrogens is 305 g/mol. The van der Waals surface area contributed by atoms with Crippen molar-refractivity contribution in [1.29, 1.82) is 0 Å². The third-order valence-corrected chi connectivity index (χ3v) is 3.19. The van der Waals surface area contributed by atoms with E-state index in [1.165, 1.54) is 35.4 Å². The molecular formula is C10H21IN3O+. The fourth-order valence-corrected chi connectivity index (χ4v) is 2.49. The van der Waals surface area contributed by atoms with Gasteiger partial charge in [-0.3, -0.25) is 0 Å². The second-order valence-corrected chi connectivity index (χ2v) is 5.10. The van der Waals surface area contributed by atoms with Gasteiger partial charge in [0.05, 0.1) is 0 Å². The van der Waals surface area contributed by atoms with Crippen molar-refractivity contribution in [3.8, 4) is 0 Å². The standard InChI is InChI=1S/C10H20IN3O/c1-12-6-7-13-8-2-4-9(5-3-8)14-10(11)15/h8-9,11-13H,2-7H2,1H3/p+1. The average Bonchev–Trinajstić information content (AvgIpc) is 2.20. The van der Waals surface area contributed by atoms with Gasteiger partial charge in [-0.1, -0.05) is 0 Å². The van der Waals surface area contributed by atoms with Crippen LogP contribution in [0.25, 0.3) is 0 Å². The van der Waals surface area contributed by atoms with E-state index in [1.54, 1.807) is 0 Å². The summed E-state index contributed by atoms with van der Waals surface area (Å²) in [4.78, 5) is 10.9. The van der Waals surface area contributed by atoms with Gasteiger partial charge in [-0.2, -0.15) is 0 Å². The zero-order valence-corrected chi connectivity index (χ0v) is 11.5. The lowest BCUT2D eigenvalue weighted by Crippen LogP contribution is -3.39. The first kappa shape index (κ1) is 13.2. The fourth-order valence-electron chi connectivity index (χ4n) is 2.01. The number of carbonyl (C=O) groups excluding carboxylic acids is 1. The van der Waals surface area contributed by atoms with Crippen molar-refractivity contribution in [3.05, 3.63) is 0 Å². The van der Waals surface area contributed by atoms with Crippen LogP contribution in [0.2, 0.25) is 0 Å². The summed E-state index contributed by atoms with van der Waals surface area (Å²) in [7, 11) is 1.97. The number of hydrogen-bond acceptors (Lipinski definition) is 3. The Hall–Kier alpha value is 0.120. The van der Waals surface area contributed by atoms with Gasteiger partial charge in [-0.15, -0.1) is 0 Å². The minimum absolute atomic E-state index is 0.109. The lowest BCUT2D eigenvalue weighted by molar-refractivity contribution is -0.251. The molecule has 1 rings (SSSR count). The van der Waals surface area contributed by atoms with Crippen molar-refractivity contribution in [2.24, 2.45) is 0 Å². The minimum atomic E-state index is 0.109. The van der Waals surface area contributed by atoms with Gasteiger partial charge in [-0.05, 0) is 32.7 Å². The summed E-state index contributed by atoms with van der Waals surface area (Å²) in [6, 6.07) is 1.05. The first-order valence-electron chi connectivity index (χ1n) is 5.58. The molecule has 0 bridgehead atoms. The van der Waals surface area contributed by atoms with E-state index in [-0.39, 0.29) is 3.91 Å². The summed E-state index contributed by atoms with van der Waals surface area (Å²) in [5, 5.41) is 9.64. The third-order valence-electron chi connectivity index (χ3n) is 2.86. The quantitative estimate of drug-likeness (QED) is 0.220. The van der Waals surface area contributed by atoms with Gasteiger partial charge < -0.3 is 16.0 Å². The Morgan fingerprint density at radius 2 is 1.80 bits per heavy atom. The normalized spacial score (nSPS) is 26.3. The Morgan fingerprint density at radius 3 is 2.33 bits per heavy atom. The number of halogens is 1. The Kier molecular flexibility index (Phi) is 6.51. The fraction of sp³-hybridized carbons (Fsp3) is 0.900. The summed E-state index contributed by atoms with van der Waals surface area (Å²) in [5.74, 6) is 0. The summed E-state index contributed by atoms with van der Waals surface area (Å²) >= 11 is 1.52. The molecule has 0 aliphatic heterocycles. The molecule has 0 atom stereocenters. The van der Waals surface area contributed by atoms with Gasteiger partial charge in [0.1, 0.15) is 0 Å². The van der Waals surface area contributed by atoms with Crippen molar-refractivity contribution < 1.29 is 27.4 Å². The number of carbonyl (C=O) groups is 1. The average molecular weight is 326 g/mol. The molecule has 1 aliphatic carbocycles. The van der Waals surface area contributed by atoms with Crippen LogP contribution < -0.4 is 38.5 Å². The summed E-state index contributed by atoms with van der Waals surface area (Å²) in [5.41, 5.74) is 0. The van der Waals surface area contributed by atoms with Crippen molar-refractivity contribution in [1.82, 2.24) is 16.0 Å². The third kappa shape index (κ3) is 5.67. The molecule has 0 aromatic rings. The van der Waals surface area contributed by atoms with Gasteiger partial charge >= 0.3 is 26.5 Å². The zero-order chi connectivity index (χ0) is 11.1. The van der Waals surface area contributed by atoms with Gasteiger partial charge in [0, 0.05) is 25.2 Å². The molecule has 3 N–H and O–H groups in total. The van der Waals surface area contributed by atoms with E-state index in [1.807, 2.05) is 7.05 Å². The van der Waals surface area contributed by atoms with Crippen LogP contribution in [0.1, 0.15) is 25.7 Å². The molecule has 4 nitrogen and oxygen atoms in total. The highest BCUT2D eigenvalue weighted by atomic mass is 127. The molecule has 0 unspecified atom stereocenters. The molecule has 0 heterocycles. The molecule has 1 saturated carbocycles. The minimum Gasteiger partial charge on any atom is -0.318 e. The van der Waals surface area contributed by atoms with Crippen molar-refractivity contribution in [3.63, 3.8) is 0 Å². The zero-order valence-electron chi connectivity index (χ0n) is 9.21. The van der Waals surface area contributed by atoms with Crippen LogP contribution >= 0.6 is 0 Å². The topological polar surface area (TPSA) is 53.2 Å². The van der Waals surface area contributed by atoms with E-state index < -0.39 is 0 Å². The maximum atomic E-state index is 10.9. The SMILES string of the molecule is CNCCNC1CCC(NC(=O)[IH+])CC1. The maximum absolute atomic E-state index is 10.9. The highest BCUT2D eigenvalue weighted by Crippen LogP contribution is 2.18. The molecule has 88 valence electrons. The van der Waals surface area contributed by atoms with Crippen molar-refractivity contribution in [2.45, 2.75) is 37.8 Å². The molecule has 0 aromatic heterocycles. The van der Waals surface area contributed by atoms with Crippen molar-refractivity contribution >= 4 is 3.91 Å². The van der Waals surface area contributed by atoms with Crippen LogP contribution in [0.4, 0.5) is 4.79 Å². The van der Waals surface area contributed by atoms with E-state index in [9.17, 15) is 4.79 Å². The molecule has 15 heavy (non-hydrogen) atoms. The second kappa shape index (κ2) is 7.40. The van der Waals surface area contributed by atoms with Crippen LogP contribution in [0, 0.1) is 0 Å². The summed E-state index contributed by atoms with van der Waals surface area (Å²) in [6.45, 7) is 2.05. The lowest BCUT2D eigenvalue weighted by atomic mass is 9.91. The number of amides is 1. The molecule has 1 aliphatic rings. The van der Waals surface area contributed by atoms with E-state index in [4.69, 9.17) is 0 Å². The largest absolute Gasteiger partial charge is 0.455 e. The van der Waals surface area contributed by atoms with Crippen LogP contribution in [0.3, 0.4) is 0 Å². The van der Waals surface area contributed by atoms with Crippen LogP contribution in [0.15, 0.2) is 0 Å². The van der Waals surface area contributed by atoms with E-state index >= 15 is 0 Å². The number of likely N-dealkylation sites (N-methyl/N-ethyl adjacent to an activating group) is 1. The molecule has 0 saturated heterocycles. The first-order valence-corrected chi connectivity index (χ1v) is 6.74. The molecule has 1 amide bonds. The monoisotopic (exact) mass is 326 g/mol. The highest BCUT2D eigenvalue weighted by molar-refractivity contribution is 5.62. The lowest BCUT2D eigenvalue weighted by Gasteiger charge is -2.28. The smallest absolute Gasteiger partial charge is 0.318 e. The van der Waals surface area contributed by atoms with E-state index in [0.717, 1.165) is 25.9 Å². The molecule has 1 fully saturated rings. The summed E-state index contributed by atoms with van der Waals surface area (Å²) < 4.78 is 0.109. The van der Waals surface area contributed by atoms with Crippen LogP contribution in [-0.4, -0.2) is 36.1 Å². The second-order valence-electron chi connectivity index (χ2n) is 4.04. The van der Waals surface area contributed by atoms with Crippen molar-refractivity contribution in [2.75, 3.05) is 20.1 Å². The molecule has 0 aromatic carbocycles. The Labute approximate surface area is 105 Å². The Balaban J connectivity index is 2.10. The predicted molar refractivity (Wildman–Crippen MR) is 57.9 cm³/mol. The number of rotatable bonds is 5. The summed E-state index contributed by atoms with van der Waals surface area (Å²) in [6.07, 6.45) is 4.57. The highest BCUT2D eigenvalue weighted by Gasteiger charge is 2.22. The van der Waals surface area contributed by atoms with Gasteiger partial charge in [-0.25, -0.2) is 4.79 Å². The Morgan fingerprint density at radius 1 is 1.20 bits per heavy atom. The van der Waals surface area contributed by atoms with Crippen LogP contribution in [0.5, 0.6) is 0 Å². The van der Waals surface area contributed by atoms with Gasteiger partial charge in [0.25, 0.3) is 0 Å². The maximum Gasteiger partial charge on any atom is 0.455 e. The number of nitrogens with one attached hydrogen (secondary N) is 3. The number of hydrogen-bond donors (Lipinski definition) is 3. The van der Waals surface area contributed by atoms with Gasteiger partial charge in [0.2, 0.25) is 0 Å². The Bertz CT molecular complexity index is 193. The van der Waals surface area contributed by atoms with Crippen LogP contribution in [-0.2, 0) is 0 Å².